The summed E-state index contributed by atoms with van der Waals surface area (Å²) in [4.78, 5) is 2.35. The van der Waals surface area contributed by atoms with E-state index in [-0.39, 0.29) is 0 Å². The summed E-state index contributed by atoms with van der Waals surface area (Å²) < 4.78 is 0. The van der Waals surface area contributed by atoms with Crippen molar-refractivity contribution in [2.45, 2.75) is 31.3 Å². The van der Waals surface area contributed by atoms with Crippen molar-refractivity contribution in [3.05, 3.63) is 0 Å². The van der Waals surface area contributed by atoms with Gasteiger partial charge in [-0.3, -0.25) is 0 Å². The molecule has 0 aromatic carbocycles. The zero-order chi connectivity index (χ0) is 8.01. The summed E-state index contributed by atoms with van der Waals surface area (Å²) >= 11 is 0. The van der Waals surface area contributed by atoms with Crippen LogP contribution in [0.4, 0.5) is 0 Å². The van der Waals surface area contributed by atoms with E-state index in [2.05, 4.69) is 19.0 Å². The van der Waals surface area contributed by atoms with Crippen molar-refractivity contribution in [2.75, 3.05) is 14.1 Å². The minimum atomic E-state index is 0.501. The normalized spacial score (nSPS) is 49.1. The molecule has 0 aliphatic heterocycles. The van der Waals surface area contributed by atoms with Crippen LogP contribution in [-0.4, -0.2) is 31.1 Å². The van der Waals surface area contributed by atoms with E-state index in [1.54, 1.807) is 0 Å². The minimum absolute atomic E-state index is 0.501. The van der Waals surface area contributed by atoms with Gasteiger partial charge in [0, 0.05) is 12.1 Å². The molecule has 2 fully saturated rings. The first-order valence-corrected chi connectivity index (χ1v) is 4.60. The molecule has 2 bridgehead atoms. The number of hydrogen-bond acceptors (Lipinski definition) is 2. The van der Waals surface area contributed by atoms with Crippen molar-refractivity contribution in [2.24, 2.45) is 17.6 Å². The molecule has 0 spiro atoms. The average molecular weight is 154 g/mol. The quantitative estimate of drug-likeness (QED) is 0.601. The molecule has 11 heavy (non-hydrogen) atoms. The van der Waals surface area contributed by atoms with Crippen LogP contribution in [0.25, 0.3) is 0 Å². The van der Waals surface area contributed by atoms with Crippen LogP contribution in [-0.2, 0) is 0 Å². The van der Waals surface area contributed by atoms with Gasteiger partial charge in [-0.2, -0.15) is 0 Å². The lowest BCUT2D eigenvalue weighted by atomic mass is 9.91. The zero-order valence-corrected chi connectivity index (χ0v) is 7.46. The van der Waals surface area contributed by atoms with Gasteiger partial charge in [0.1, 0.15) is 0 Å². The van der Waals surface area contributed by atoms with E-state index in [0.29, 0.717) is 6.04 Å². The number of rotatable bonds is 1. The molecule has 2 nitrogen and oxygen atoms in total. The Morgan fingerprint density at radius 2 is 1.91 bits per heavy atom. The van der Waals surface area contributed by atoms with Crippen LogP contribution in [0, 0.1) is 11.8 Å². The summed E-state index contributed by atoms with van der Waals surface area (Å²) in [7, 11) is 4.36. The molecule has 4 unspecified atom stereocenters. The van der Waals surface area contributed by atoms with E-state index >= 15 is 0 Å². The van der Waals surface area contributed by atoms with Gasteiger partial charge >= 0.3 is 0 Å². The third-order valence-electron chi connectivity index (χ3n) is 3.49. The first-order valence-electron chi connectivity index (χ1n) is 4.60. The number of hydrogen-bond donors (Lipinski definition) is 1. The fourth-order valence-corrected chi connectivity index (χ4v) is 2.96. The Balaban J connectivity index is 2.06. The molecule has 0 heterocycles. The van der Waals surface area contributed by atoms with Gasteiger partial charge in [-0.05, 0) is 45.2 Å². The van der Waals surface area contributed by atoms with Gasteiger partial charge in [0.2, 0.25) is 0 Å². The number of fused-ring (bicyclic) bond motifs is 2. The van der Waals surface area contributed by atoms with Gasteiger partial charge in [0.15, 0.2) is 0 Å². The maximum absolute atomic E-state index is 6.02. The van der Waals surface area contributed by atoms with E-state index in [4.69, 9.17) is 5.73 Å². The lowest BCUT2D eigenvalue weighted by molar-refractivity contribution is 0.195. The highest BCUT2D eigenvalue weighted by Crippen LogP contribution is 2.45. The molecule has 64 valence electrons. The second-order valence-electron chi connectivity index (χ2n) is 4.43. The van der Waals surface area contributed by atoms with Crippen LogP contribution in [0.3, 0.4) is 0 Å². The Morgan fingerprint density at radius 1 is 1.18 bits per heavy atom. The Bertz CT molecular complexity index is 156. The third kappa shape index (κ3) is 1.09. The van der Waals surface area contributed by atoms with Gasteiger partial charge in [0.25, 0.3) is 0 Å². The van der Waals surface area contributed by atoms with E-state index in [9.17, 15) is 0 Å². The van der Waals surface area contributed by atoms with Crippen molar-refractivity contribution in [1.29, 1.82) is 0 Å². The summed E-state index contributed by atoms with van der Waals surface area (Å²) in [6, 6.07) is 1.28. The molecule has 2 heteroatoms. The molecule has 0 aromatic rings. The van der Waals surface area contributed by atoms with E-state index < -0.39 is 0 Å². The first-order chi connectivity index (χ1) is 5.18. The van der Waals surface area contributed by atoms with Crippen molar-refractivity contribution < 1.29 is 0 Å². The molecule has 2 aliphatic rings. The first kappa shape index (κ1) is 7.56. The monoisotopic (exact) mass is 154 g/mol. The predicted molar refractivity (Wildman–Crippen MR) is 46.3 cm³/mol. The molecule has 2 aliphatic carbocycles. The molecule has 0 aromatic heterocycles. The lowest BCUT2D eigenvalue weighted by Crippen LogP contribution is -2.42. The Kier molecular flexibility index (Phi) is 1.69. The molecule has 2 rings (SSSR count). The molecule has 2 saturated carbocycles. The van der Waals surface area contributed by atoms with Crippen LogP contribution in [0.5, 0.6) is 0 Å². The smallest absolute Gasteiger partial charge is 0.0135 e. The maximum atomic E-state index is 6.02. The molecule has 4 atom stereocenters. The Hall–Kier alpha value is -0.0800. The largest absolute Gasteiger partial charge is 0.327 e. The Labute approximate surface area is 68.7 Å². The van der Waals surface area contributed by atoms with E-state index in [1.807, 2.05) is 0 Å². The molecular formula is C9H18N2. The van der Waals surface area contributed by atoms with Crippen LogP contribution in [0.15, 0.2) is 0 Å². The molecule has 0 radical (unpaired) electrons. The molecule has 0 saturated heterocycles. The predicted octanol–water partition coefficient (Wildman–Crippen LogP) is 0.674. The van der Waals surface area contributed by atoms with Crippen LogP contribution in [0.2, 0.25) is 0 Å². The number of nitrogens with zero attached hydrogens (tertiary/aromatic N) is 1. The van der Waals surface area contributed by atoms with Crippen molar-refractivity contribution in [1.82, 2.24) is 4.90 Å². The van der Waals surface area contributed by atoms with E-state index in [1.165, 1.54) is 19.3 Å². The summed E-state index contributed by atoms with van der Waals surface area (Å²) in [6.07, 6.45) is 4.07. The van der Waals surface area contributed by atoms with Crippen LogP contribution >= 0.6 is 0 Å². The topological polar surface area (TPSA) is 29.3 Å². The maximum Gasteiger partial charge on any atom is 0.0135 e. The van der Waals surface area contributed by atoms with Gasteiger partial charge in [-0.15, -0.1) is 0 Å². The highest BCUT2D eigenvalue weighted by molar-refractivity contribution is 5.00. The zero-order valence-electron chi connectivity index (χ0n) is 7.46. The third-order valence-corrected chi connectivity index (χ3v) is 3.49. The summed E-state index contributed by atoms with van der Waals surface area (Å²) in [5, 5.41) is 0. The van der Waals surface area contributed by atoms with Gasteiger partial charge in [0.05, 0.1) is 0 Å². The fraction of sp³-hybridized carbons (Fsp3) is 1.00. The second kappa shape index (κ2) is 2.46. The summed E-state index contributed by atoms with van der Waals surface area (Å²) in [5.74, 6) is 1.75. The SMILES string of the molecule is CN(C)C1CC2CC(N)C1C2. The number of nitrogens with two attached hydrogens (primary N) is 1. The van der Waals surface area contributed by atoms with Crippen molar-refractivity contribution in [3.63, 3.8) is 0 Å². The molecule has 0 amide bonds. The van der Waals surface area contributed by atoms with Crippen molar-refractivity contribution in [3.8, 4) is 0 Å². The standard InChI is InChI=1S/C9H18N2/c1-11(2)9-5-6-3-7(9)8(10)4-6/h6-9H,3-5,10H2,1-2H3. The van der Waals surface area contributed by atoms with Crippen LogP contribution < -0.4 is 5.73 Å². The van der Waals surface area contributed by atoms with Gasteiger partial charge in [-0.1, -0.05) is 0 Å². The van der Waals surface area contributed by atoms with Gasteiger partial charge in [-0.25, -0.2) is 0 Å². The van der Waals surface area contributed by atoms with Gasteiger partial charge < -0.3 is 10.6 Å². The summed E-state index contributed by atoms with van der Waals surface area (Å²) in [6.45, 7) is 0. The van der Waals surface area contributed by atoms with E-state index in [0.717, 1.165) is 17.9 Å². The highest BCUT2D eigenvalue weighted by Gasteiger charge is 2.45. The average Bonchev–Trinajstić information content (AvgIpc) is 2.43. The highest BCUT2D eigenvalue weighted by atomic mass is 15.1. The minimum Gasteiger partial charge on any atom is -0.327 e. The fourth-order valence-electron chi connectivity index (χ4n) is 2.96. The van der Waals surface area contributed by atoms with Crippen LogP contribution in [0.1, 0.15) is 19.3 Å². The lowest BCUT2D eigenvalue weighted by Gasteiger charge is -2.31. The van der Waals surface area contributed by atoms with Crippen molar-refractivity contribution >= 4 is 0 Å². The molecule has 2 N–H and O–H groups in total. The molecular weight excluding hydrogens is 136 g/mol. The second-order valence-corrected chi connectivity index (χ2v) is 4.43. The Morgan fingerprint density at radius 3 is 2.27 bits per heavy atom. The summed E-state index contributed by atoms with van der Waals surface area (Å²) in [5.41, 5.74) is 6.02.